The highest BCUT2D eigenvalue weighted by atomic mass is 32.1. The van der Waals surface area contributed by atoms with E-state index in [4.69, 9.17) is 4.42 Å². The SMILES string of the molecule is CNC(C)c1nnc(NCc2cscn2)o1. The van der Waals surface area contributed by atoms with Crippen molar-refractivity contribution < 1.29 is 4.42 Å². The average molecular weight is 239 g/mol. The molecule has 0 radical (unpaired) electrons. The predicted octanol–water partition coefficient (Wildman–Crippen LogP) is 1.42. The normalized spacial score (nSPS) is 12.6. The Kier molecular flexibility index (Phi) is 3.47. The summed E-state index contributed by atoms with van der Waals surface area (Å²) in [5.74, 6) is 0.572. The van der Waals surface area contributed by atoms with Crippen molar-refractivity contribution in [2.24, 2.45) is 0 Å². The fraction of sp³-hybridized carbons (Fsp3) is 0.444. The van der Waals surface area contributed by atoms with Crippen LogP contribution >= 0.6 is 11.3 Å². The molecule has 0 spiro atoms. The zero-order valence-corrected chi connectivity index (χ0v) is 9.91. The third-order valence-electron chi connectivity index (χ3n) is 2.15. The molecule has 0 saturated heterocycles. The Morgan fingerprint density at radius 2 is 2.38 bits per heavy atom. The van der Waals surface area contributed by atoms with E-state index in [9.17, 15) is 0 Å². The van der Waals surface area contributed by atoms with Gasteiger partial charge in [-0.2, -0.15) is 0 Å². The second kappa shape index (κ2) is 5.04. The molecule has 0 aliphatic carbocycles. The zero-order chi connectivity index (χ0) is 11.4. The fourth-order valence-corrected chi connectivity index (χ4v) is 1.65. The zero-order valence-electron chi connectivity index (χ0n) is 9.10. The van der Waals surface area contributed by atoms with Crippen molar-refractivity contribution >= 4 is 17.4 Å². The van der Waals surface area contributed by atoms with Crippen LogP contribution in [-0.2, 0) is 6.54 Å². The van der Waals surface area contributed by atoms with E-state index >= 15 is 0 Å². The number of anilines is 1. The van der Waals surface area contributed by atoms with Gasteiger partial charge in [-0.15, -0.1) is 16.4 Å². The van der Waals surface area contributed by atoms with Crippen LogP contribution in [0.5, 0.6) is 0 Å². The van der Waals surface area contributed by atoms with Crippen molar-refractivity contribution in [3.05, 3.63) is 22.5 Å². The summed E-state index contributed by atoms with van der Waals surface area (Å²) in [5, 5.41) is 15.8. The van der Waals surface area contributed by atoms with Crippen molar-refractivity contribution in [2.45, 2.75) is 19.5 Å². The molecule has 16 heavy (non-hydrogen) atoms. The van der Waals surface area contributed by atoms with Crippen molar-refractivity contribution in [1.82, 2.24) is 20.5 Å². The van der Waals surface area contributed by atoms with Gasteiger partial charge in [0.25, 0.3) is 0 Å². The summed E-state index contributed by atoms with van der Waals surface area (Å²) in [6.07, 6.45) is 0. The first kappa shape index (κ1) is 11.0. The van der Waals surface area contributed by atoms with E-state index in [-0.39, 0.29) is 6.04 Å². The van der Waals surface area contributed by atoms with Crippen molar-refractivity contribution in [2.75, 3.05) is 12.4 Å². The molecule has 6 nitrogen and oxygen atoms in total. The van der Waals surface area contributed by atoms with Crippen LogP contribution in [0.25, 0.3) is 0 Å². The van der Waals surface area contributed by atoms with Crippen LogP contribution in [0.2, 0.25) is 0 Å². The van der Waals surface area contributed by atoms with Gasteiger partial charge in [-0.1, -0.05) is 5.10 Å². The van der Waals surface area contributed by atoms with E-state index < -0.39 is 0 Å². The van der Waals surface area contributed by atoms with Gasteiger partial charge >= 0.3 is 6.01 Å². The summed E-state index contributed by atoms with van der Waals surface area (Å²) in [7, 11) is 1.84. The largest absolute Gasteiger partial charge is 0.406 e. The van der Waals surface area contributed by atoms with Crippen LogP contribution in [0, 0.1) is 0 Å². The minimum absolute atomic E-state index is 0.0577. The number of thiazole rings is 1. The molecule has 0 aromatic carbocycles. The van der Waals surface area contributed by atoms with Crippen molar-refractivity contribution in [3.63, 3.8) is 0 Å². The quantitative estimate of drug-likeness (QED) is 0.821. The molecule has 2 aromatic heterocycles. The van der Waals surface area contributed by atoms with E-state index in [1.54, 1.807) is 16.8 Å². The van der Waals surface area contributed by atoms with E-state index in [2.05, 4.69) is 25.8 Å². The molecule has 86 valence electrons. The Labute approximate surface area is 97.1 Å². The van der Waals surface area contributed by atoms with Crippen LogP contribution in [0.4, 0.5) is 6.01 Å². The molecular weight excluding hydrogens is 226 g/mol. The van der Waals surface area contributed by atoms with Crippen LogP contribution in [0.15, 0.2) is 15.3 Å². The second-order valence-electron chi connectivity index (χ2n) is 3.29. The van der Waals surface area contributed by atoms with Gasteiger partial charge in [0.05, 0.1) is 23.8 Å². The van der Waals surface area contributed by atoms with Gasteiger partial charge in [0.1, 0.15) is 0 Å². The highest BCUT2D eigenvalue weighted by molar-refractivity contribution is 7.07. The predicted molar refractivity (Wildman–Crippen MR) is 61.2 cm³/mol. The molecule has 2 N–H and O–H groups in total. The van der Waals surface area contributed by atoms with Gasteiger partial charge in [-0.3, -0.25) is 0 Å². The third kappa shape index (κ3) is 2.56. The molecule has 0 fully saturated rings. The average Bonchev–Trinajstić information content (AvgIpc) is 2.96. The minimum atomic E-state index is 0.0577. The second-order valence-corrected chi connectivity index (χ2v) is 4.01. The highest BCUT2D eigenvalue weighted by Gasteiger charge is 2.11. The van der Waals surface area contributed by atoms with Crippen LogP contribution < -0.4 is 10.6 Å². The van der Waals surface area contributed by atoms with Crippen LogP contribution in [-0.4, -0.2) is 22.2 Å². The summed E-state index contributed by atoms with van der Waals surface area (Å²) in [4.78, 5) is 4.14. The number of aromatic nitrogens is 3. The number of hydrogen-bond donors (Lipinski definition) is 2. The van der Waals surface area contributed by atoms with E-state index in [0.29, 0.717) is 18.5 Å². The van der Waals surface area contributed by atoms with Gasteiger partial charge in [-0.25, -0.2) is 4.98 Å². The number of nitrogens with zero attached hydrogens (tertiary/aromatic N) is 3. The highest BCUT2D eigenvalue weighted by Crippen LogP contribution is 2.13. The van der Waals surface area contributed by atoms with E-state index in [1.165, 1.54) is 0 Å². The molecule has 0 saturated carbocycles. The Bertz CT molecular complexity index is 427. The molecule has 2 rings (SSSR count). The van der Waals surface area contributed by atoms with Crippen LogP contribution in [0.3, 0.4) is 0 Å². The van der Waals surface area contributed by atoms with Gasteiger partial charge < -0.3 is 15.1 Å². The molecular formula is C9H13N5OS. The lowest BCUT2D eigenvalue weighted by Crippen LogP contribution is -2.12. The number of hydrogen-bond acceptors (Lipinski definition) is 7. The molecule has 0 amide bonds. The number of rotatable bonds is 5. The lowest BCUT2D eigenvalue weighted by molar-refractivity contribution is 0.441. The van der Waals surface area contributed by atoms with Crippen molar-refractivity contribution in [1.29, 1.82) is 0 Å². The maximum absolute atomic E-state index is 5.41. The van der Waals surface area contributed by atoms with E-state index in [0.717, 1.165) is 5.69 Å². The Balaban J connectivity index is 1.93. The number of nitrogens with one attached hydrogen (secondary N) is 2. The summed E-state index contributed by atoms with van der Waals surface area (Å²) >= 11 is 1.56. The third-order valence-corrected chi connectivity index (χ3v) is 2.78. The van der Waals surface area contributed by atoms with E-state index in [1.807, 2.05) is 19.4 Å². The summed E-state index contributed by atoms with van der Waals surface area (Å²) < 4.78 is 5.41. The van der Waals surface area contributed by atoms with Gasteiger partial charge in [0, 0.05) is 5.38 Å². The first-order chi connectivity index (χ1) is 7.79. The monoisotopic (exact) mass is 239 g/mol. The topological polar surface area (TPSA) is 75.9 Å². The molecule has 0 aliphatic heterocycles. The molecule has 1 atom stereocenters. The van der Waals surface area contributed by atoms with Crippen LogP contribution in [0.1, 0.15) is 24.6 Å². The lowest BCUT2D eigenvalue weighted by atomic mass is 10.3. The molecule has 1 unspecified atom stereocenters. The summed E-state index contributed by atoms with van der Waals surface area (Å²) in [6.45, 7) is 2.55. The van der Waals surface area contributed by atoms with Gasteiger partial charge in [0.15, 0.2) is 0 Å². The standard InChI is InChI=1S/C9H13N5OS/c1-6(10-2)8-13-14-9(15-8)11-3-7-4-16-5-12-7/h4-6,10H,3H2,1-2H3,(H,11,14). The van der Waals surface area contributed by atoms with Gasteiger partial charge in [-0.05, 0) is 14.0 Å². The Hall–Kier alpha value is -1.47. The molecule has 0 aliphatic rings. The smallest absolute Gasteiger partial charge is 0.315 e. The molecule has 2 heterocycles. The fourth-order valence-electron chi connectivity index (χ4n) is 1.10. The molecule has 0 bridgehead atoms. The first-order valence-electron chi connectivity index (χ1n) is 4.91. The minimum Gasteiger partial charge on any atom is -0.406 e. The first-order valence-corrected chi connectivity index (χ1v) is 5.85. The summed E-state index contributed by atoms with van der Waals surface area (Å²) in [6, 6.07) is 0.479. The Morgan fingerprint density at radius 3 is 3.06 bits per heavy atom. The summed E-state index contributed by atoms with van der Waals surface area (Å²) in [5.41, 5.74) is 2.76. The Morgan fingerprint density at radius 1 is 1.50 bits per heavy atom. The maximum Gasteiger partial charge on any atom is 0.315 e. The molecule has 2 aromatic rings. The maximum atomic E-state index is 5.41. The van der Waals surface area contributed by atoms with Crippen molar-refractivity contribution in [3.8, 4) is 0 Å². The molecule has 7 heteroatoms. The van der Waals surface area contributed by atoms with Gasteiger partial charge in [0.2, 0.25) is 5.89 Å². The lowest BCUT2D eigenvalue weighted by Gasteiger charge is -2.02.